The summed E-state index contributed by atoms with van der Waals surface area (Å²) < 4.78 is 10.1. The number of hydrogen-bond acceptors (Lipinski definition) is 6. The summed E-state index contributed by atoms with van der Waals surface area (Å²) in [5.41, 5.74) is 0.338. The highest BCUT2D eigenvalue weighted by molar-refractivity contribution is 7.98. The summed E-state index contributed by atoms with van der Waals surface area (Å²) in [4.78, 5) is 24.5. The Bertz CT molecular complexity index is 586. The molecule has 0 aliphatic heterocycles. The van der Waals surface area contributed by atoms with E-state index in [9.17, 15) is 9.59 Å². The lowest BCUT2D eigenvalue weighted by Gasteiger charge is -2.18. The number of hydrogen-bond donors (Lipinski definition) is 1. The van der Waals surface area contributed by atoms with Crippen LogP contribution in [0.15, 0.2) is 24.3 Å². The largest absolute Gasteiger partial charge is 0.496 e. The van der Waals surface area contributed by atoms with Crippen molar-refractivity contribution >= 4 is 23.6 Å². The summed E-state index contributed by atoms with van der Waals surface area (Å²) in [5, 5.41) is 11.4. The van der Waals surface area contributed by atoms with Crippen molar-refractivity contribution in [3.8, 4) is 11.8 Å². The van der Waals surface area contributed by atoms with Crippen LogP contribution in [-0.4, -0.2) is 43.1 Å². The molecular formula is C16H20N2O4S. The Labute approximate surface area is 140 Å². The quantitative estimate of drug-likeness (QED) is 0.731. The second kappa shape index (κ2) is 9.74. The molecule has 1 amide bonds. The molecule has 0 bridgehead atoms. The number of nitrogens with one attached hydrogen (secondary N) is 1. The number of ether oxygens (including phenoxy) is 2. The second-order valence-electron chi connectivity index (χ2n) is 4.72. The lowest BCUT2D eigenvalue weighted by Crippen LogP contribution is -2.43. The van der Waals surface area contributed by atoms with Crippen LogP contribution in [0, 0.1) is 11.3 Å². The fourth-order valence-corrected chi connectivity index (χ4v) is 2.31. The number of rotatable bonds is 8. The summed E-state index contributed by atoms with van der Waals surface area (Å²) in [6.45, 7) is 1.48. The minimum absolute atomic E-state index is 0.338. The van der Waals surface area contributed by atoms with Crippen molar-refractivity contribution in [3.63, 3.8) is 0 Å². The fraction of sp³-hybridized carbons (Fsp3) is 0.438. The van der Waals surface area contributed by atoms with Crippen molar-refractivity contribution in [3.05, 3.63) is 29.8 Å². The summed E-state index contributed by atoms with van der Waals surface area (Å²) in [5.74, 6) is 0.0613. The third-order valence-electron chi connectivity index (χ3n) is 3.03. The number of carbonyl (C=O) groups excluding carboxylic acids is 2. The van der Waals surface area contributed by atoms with Gasteiger partial charge in [0.05, 0.1) is 12.7 Å². The van der Waals surface area contributed by atoms with Crippen LogP contribution in [0.25, 0.3) is 0 Å². The predicted molar refractivity (Wildman–Crippen MR) is 88.4 cm³/mol. The number of methoxy groups -OCH3 is 1. The molecule has 0 spiro atoms. The predicted octanol–water partition coefficient (Wildman–Crippen LogP) is 2.00. The van der Waals surface area contributed by atoms with E-state index in [0.717, 1.165) is 0 Å². The number of benzene rings is 1. The van der Waals surface area contributed by atoms with Crippen molar-refractivity contribution in [1.82, 2.24) is 5.32 Å². The van der Waals surface area contributed by atoms with Crippen LogP contribution in [0.4, 0.5) is 0 Å². The van der Waals surface area contributed by atoms with Gasteiger partial charge in [0.1, 0.15) is 17.9 Å². The van der Waals surface area contributed by atoms with Gasteiger partial charge in [-0.1, -0.05) is 12.1 Å². The van der Waals surface area contributed by atoms with Gasteiger partial charge in [-0.05, 0) is 37.5 Å². The Morgan fingerprint density at radius 1 is 1.39 bits per heavy atom. The average molecular weight is 336 g/mol. The average Bonchev–Trinajstić information content (AvgIpc) is 2.57. The molecule has 124 valence electrons. The Morgan fingerprint density at radius 2 is 2.09 bits per heavy atom. The minimum atomic E-state index is -0.859. The van der Waals surface area contributed by atoms with E-state index < -0.39 is 24.0 Å². The van der Waals surface area contributed by atoms with Gasteiger partial charge in [0.2, 0.25) is 0 Å². The molecule has 7 heteroatoms. The summed E-state index contributed by atoms with van der Waals surface area (Å²) in [6, 6.07) is 7.77. The fourth-order valence-electron chi connectivity index (χ4n) is 1.84. The van der Waals surface area contributed by atoms with Gasteiger partial charge in [-0.15, -0.1) is 0 Å². The van der Waals surface area contributed by atoms with Gasteiger partial charge in [-0.2, -0.15) is 17.0 Å². The molecule has 0 fully saturated rings. The third-order valence-corrected chi connectivity index (χ3v) is 3.67. The Hall–Kier alpha value is -2.20. The van der Waals surface area contributed by atoms with Crippen LogP contribution in [-0.2, 0) is 9.53 Å². The van der Waals surface area contributed by atoms with E-state index >= 15 is 0 Å². The van der Waals surface area contributed by atoms with Crippen molar-refractivity contribution in [2.45, 2.75) is 25.5 Å². The SMILES string of the molecule is COc1ccccc1C(=O)N[C@H](CCSC)C(=O)O[C@H](C)C#N. The Balaban J connectivity index is 2.85. The number of thioether (sulfide) groups is 1. The van der Waals surface area contributed by atoms with E-state index in [2.05, 4.69) is 5.32 Å². The number of nitrogens with zero attached hydrogens (tertiary/aromatic N) is 1. The topological polar surface area (TPSA) is 88.4 Å². The molecule has 0 unspecified atom stereocenters. The maximum atomic E-state index is 12.4. The van der Waals surface area contributed by atoms with Crippen molar-refractivity contribution in [1.29, 1.82) is 5.26 Å². The van der Waals surface area contributed by atoms with E-state index in [-0.39, 0.29) is 0 Å². The lowest BCUT2D eigenvalue weighted by molar-refractivity contribution is -0.148. The normalized spacial score (nSPS) is 12.6. The molecule has 0 heterocycles. The van der Waals surface area contributed by atoms with Crippen LogP contribution in [0.5, 0.6) is 5.75 Å². The minimum Gasteiger partial charge on any atom is -0.496 e. The van der Waals surface area contributed by atoms with E-state index in [1.54, 1.807) is 36.0 Å². The van der Waals surface area contributed by atoms with Gasteiger partial charge in [0.15, 0.2) is 6.10 Å². The molecule has 23 heavy (non-hydrogen) atoms. The zero-order chi connectivity index (χ0) is 17.2. The molecular weight excluding hydrogens is 316 g/mol. The first-order valence-corrected chi connectivity index (χ1v) is 8.45. The van der Waals surface area contributed by atoms with Crippen LogP contribution in [0.2, 0.25) is 0 Å². The van der Waals surface area contributed by atoms with Crippen molar-refractivity contribution in [2.24, 2.45) is 0 Å². The first-order chi connectivity index (χ1) is 11.0. The van der Waals surface area contributed by atoms with Crippen LogP contribution in [0.3, 0.4) is 0 Å². The number of esters is 1. The first kappa shape index (κ1) is 18.8. The highest BCUT2D eigenvalue weighted by Crippen LogP contribution is 2.17. The smallest absolute Gasteiger partial charge is 0.329 e. The van der Waals surface area contributed by atoms with E-state index in [0.29, 0.717) is 23.5 Å². The van der Waals surface area contributed by atoms with Crippen molar-refractivity contribution < 1.29 is 19.1 Å². The Kier molecular flexibility index (Phi) is 7.98. The standard InChI is InChI=1S/C16H20N2O4S/c1-11(10-17)22-16(20)13(8-9-23-3)18-15(19)12-6-4-5-7-14(12)21-2/h4-7,11,13H,8-9H2,1-3H3,(H,18,19)/t11-,13-/m1/s1. The summed E-state index contributed by atoms with van der Waals surface area (Å²) >= 11 is 1.55. The monoisotopic (exact) mass is 336 g/mol. The zero-order valence-electron chi connectivity index (χ0n) is 13.4. The highest BCUT2D eigenvalue weighted by Gasteiger charge is 2.25. The maximum absolute atomic E-state index is 12.4. The Morgan fingerprint density at radius 3 is 2.70 bits per heavy atom. The molecule has 0 aromatic heterocycles. The van der Waals surface area contributed by atoms with Crippen molar-refractivity contribution in [2.75, 3.05) is 19.1 Å². The van der Waals surface area contributed by atoms with E-state index in [4.69, 9.17) is 14.7 Å². The number of carbonyl (C=O) groups is 2. The molecule has 0 saturated carbocycles. The second-order valence-corrected chi connectivity index (χ2v) is 5.70. The van der Waals surface area contributed by atoms with Crippen LogP contribution in [0.1, 0.15) is 23.7 Å². The molecule has 1 aromatic rings. The summed E-state index contributed by atoms with van der Waals surface area (Å²) in [6.07, 6.45) is 1.46. The molecule has 0 radical (unpaired) electrons. The number of amides is 1. The molecule has 1 rings (SSSR count). The van der Waals surface area contributed by atoms with E-state index in [1.807, 2.05) is 12.3 Å². The molecule has 0 aliphatic carbocycles. The summed E-state index contributed by atoms with van der Waals surface area (Å²) in [7, 11) is 1.47. The van der Waals surface area contributed by atoms with E-state index in [1.165, 1.54) is 14.0 Å². The van der Waals surface area contributed by atoms with Gasteiger partial charge < -0.3 is 14.8 Å². The number of nitriles is 1. The maximum Gasteiger partial charge on any atom is 0.329 e. The van der Waals surface area contributed by atoms with Crippen LogP contribution < -0.4 is 10.1 Å². The third kappa shape index (κ3) is 5.83. The molecule has 0 aliphatic rings. The highest BCUT2D eigenvalue weighted by atomic mass is 32.2. The van der Waals surface area contributed by atoms with Gasteiger partial charge in [0, 0.05) is 0 Å². The molecule has 0 saturated heterocycles. The van der Waals surface area contributed by atoms with Gasteiger partial charge in [0.25, 0.3) is 5.91 Å². The molecule has 2 atom stereocenters. The lowest BCUT2D eigenvalue weighted by atomic mass is 10.1. The zero-order valence-corrected chi connectivity index (χ0v) is 14.2. The van der Waals surface area contributed by atoms with Crippen LogP contribution >= 0.6 is 11.8 Å². The van der Waals surface area contributed by atoms with Gasteiger partial charge >= 0.3 is 5.97 Å². The molecule has 6 nitrogen and oxygen atoms in total. The number of para-hydroxylation sites is 1. The van der Waals surface area contributed by atoms with Gasteiger partial charge in [-0.3, -0.25) is 4.79 Å². The molecule has 1 aromatic carbocycles. The molecule has 1 N–H and O–H groups in total. The van der Waals surface area contributed by atoms with Gasteiger partial charge in [-0.25, -0.2) is 4.79 Å². The first-order valence-electron chi connectivity index (χ1n) is 7.06.